The molecule has 2 aromatic rings. The summed E-state index contributed by atoms with van der Waals surface area (Å²) < 4.78 is 7.26. The SMILES string of the molecule is COc1cccc(C(C)n2ccnc2)c1. The molecule has 1 aromatic carbocycles. The minimum Gasteiger partial charge on any atom is -0.497 e. The van der Waals surface area contributed by atoms with Crippen molar-refractivity contribution in [3.05, 3.63) is 48.5 Å². The van der Waals surface area contributed by atoms with E-state index in [4.69, 9.17) is 4.74 Å². The van der Waals surface area contributed by atoms with Gasteiger partial charge in [-0.05, 0) is 24.6 Å². The summed E-state index contributed by atoms with van der Waals surface area (Å²) in [6, 6.07) is 8.37. The normalized spacial score (nSPS) is 12.4. The number of hydrogen-bond acceptors (Lipinski definition) is 2. The first kappa shape index (κ1) is 9.77. The Balaban J connectivity index is 2.29. The summed E-state index contributed by atoms with van der Waals surface area (Å²) in [5.74, 6) is 0.888. The van der Waals surface area contributed by atoms with Crippen LogP contribution in [0.2, 0.25) is 0 Å². The lowest BCUT2D eigenvalue weighted by Gasteiger charge is -2.14. The van der Waals surface area contributed by atoms with E-state index in [2.05, 4.69) is 22.5 Å². The first-order chi connectivity index (χ1) is 7.31. The zero-order chi connectivity index (χ0) is 10.7. The summed E-state index contributed by atoms with van der Waals surface area (Å²) in [4.78, 5) is 4.04. The second kappa shape index (κ2) is 4.17. The van der Waals surface area contributed by atoms with E-state index in [9.17, 15) is 0 Å². The molecular formula is C12H14N2O. The maximum atomic E-state index is 5.20. The molecule has 0 amide bonds. The summed E-state index contributed by atoms with van der Waals surface area (Å²) in [7, 11) is 1.68. The third kappa shape index (κ3) is 2.01. The van der Waals surface area contributed by atoms with E-state index in [1.54, 1.807) is 13.3 Å². The number of rotatable bonds is 3. The molecule has 15 heavy (non-hydrogen) atoms. The highest BCUT2D eigenvalue weighted by atomic mass is 16.5. The predicted molar refractivity (Wildman–Crippen MR) is 59.0 cm³/mol. The van der Waals surface area contributed by atoms with Gasteiger partial charge in [-0.2, -0.15) is 0 Å². The molecule has 0 aliphatic rings. The van der Waals surface area contributed by atoms with Crippen LogP contribution in [0.5, 0.6) is 5.75 Å². The van der Waals surface area contributed by atoms with Crippen LogP contribution in [0.15, 0.2) is 43.0 Å². The third-order valence-corrected chi connectivity index (χ3v) is 2.55. The van der Waals surface area contributed by atoms with Gasteiger partial charge in [-0.25, -0.2) is 4.98 Å². The van der Waals surface area contributed by atoms with Crippen molar-refractivity contribution < 1.29 is 4.74 Å². The van der Waals surface area contributed by atoms with Gasteiger partial charge in [0.05, 0.1) is 19.5 Å². The van der Waals surface area contributed by atoms with E-state index in [1.165, 1.54) is 5.56 Å². The molecule has 1 atom stereocenters. The van der Waals surface area contributed by atoms with Gasteiger partial charge in [0.2, 0.25) is 0 Å². The van der Waals surface area contributed by atoms with Crippen LogP contribution in [0, 0.1) is 0 Å². The molecule has 1 unspecified atom stereocenters. The molecule has 0 bridgehead atoms. The quantitative estimate of drug-likeness (QED) is 0.764. The average molecular weight is 202 g/mol. The standard InChI is InChI=1S/C12H14N2O/c1-10(14-7-6-13-9-14)11-4-3-5-12(8-11)15-2/h3-10H,1-2H3. The van der Waals surface area contributed by atoms with Crippen molar-refractivity contribution in [2.45, 2.75) is 13.0 Å². The average Bonchev–Trinajstić information content (AvgIpc) is 2.81. The molecule has 0 fully saturated rings. The maximum absolute atomic E-state index is 5.20. The minimum absolute atomic E-state index is 0.280. The number of aromatic nitrogens is 2. The third-order valence-electron chi connectivity index (χ3n) is 2.55. The number of benzene rings is 1. The molecule has 0 N–H and O–H groups in total. The highest BCUT2D eigenvalue weighted by Crippen LogP contribution is 2.21. The van der Waals surface area contributed by atoms with Crippen LogP contribution < -0.4 is 4.74 Å². The Bertz CT molecular complexity index is 423. The van der Waals surface area contributed by atoms with Gasteiger partial charge < -0.3 is 9.30 Å². The van der Waals surface area contributed by atoms with Gasteiger partial charge in [-0.15, -0.1) is 0 Å². The molecule has 3 heteroatoms. The second-order valence-corrected chi connectivity index (χ2v) is 3.46. The molecule has 0 spiro atoms. The Kier molecular flexibility index (Phi) is 2.72. The first-order valence-corrected chi connectivity index (χ1v) is 4.92. The van der Waals surface area contributed by atoms with Gasteiger partial charge in [-0.3, -0.25) is 0 Å². The Morgan fingerprint density at radius 2 is 2.27 bits per heavy atom. The van der Waals surface area contributed by atoms with E-state index in [-0.39, 0.29) is 6.04 Å². The van der Waals surface area contributed by atoms with Gasteiger partial charge in [-0.1, -0.05) is 12.1 Å². The van der Waals surface area contributed by atoms with Gasteiger partial charge in [0.25, 0.3) is 0 Å². The summed E-state index contributed by atoms with van der Waals surface area (Å²) >= 11 is 0. The number of methoxy groups -OCH3 is 1. The number of nitrogens with zero attached hydrogens (tertiary/aromatic N) is 2. The van der Waals surface area contributed by atoms with Crippen LogP contribution in [0.25, 0.3) is 0 Å². The largest absolute Gasteiger partial charge is 0.497 e. The van der Waals surface area contributed by atoms with Gasteiger partial charge in [0.15, 0.2) is 0 Å². The topological polar surface area (TPSA) is 27.1 Å². The van der Waals surface area contributed by atoms with Crippen molar-refractivity contribution in [2.24, 2.45) is 0 Å². The van der Waals surface area contributed by atoms with E-state index < -0.39 is 0 Å². The Hall–Kier alpha value is -1.77. The van der Waals surface area contributed by atoms with Gasteiger partial charge >= 0.3 is 0 Å². The highest BCUT2D eigenvalue weighted by molar-refractivity contribution is 5.30. The van der Waals surface area contributed by atoms with Crippen molar-refractivity contribution in [3.63, 3.8) is 0 Å². The molecule has 0 saturated heterocycles. The second-order valence-electron chi connectivity index (χ2n) is 3.46. The fraction of sp³-hybridized carbons (Fsp3) is 0.250. The Morgan fingerprint density at radius 3 is 2.93 bits per heavy atom. The molecule has 1 heterocycles. The van der Waals surface area contributed by atoms with Crippen LogP contribution in [0.1, 0.15) is 18.5 Å². The lowest BCUT2D eigenvalue weighted by Crippen LogP contribution is -2.04. The van der Waals surface area contributed by atoms with Crippen molar-refractivity contribution in [3.8, 4) is 5.75 Å². The van der Waals surface area contributed by atoms with Crippen LogP contribution >= 0.6 is 0 Å². The fourth-order valence-electron chi connectivity index (χ4n) is 1.57. The molecule has 3 nitrogen and oxygen atoms in total. The van der Waals surface area contributed by atoms with E-state index in [1.807, 2.05) is 30.7 Å². The summed E-state index contributed by atoms with van der Waals surface area (Å²) in [5.41, 5.74) is 1.22. The minimum atomic E-state index is 0.280. The maximum Gasteiger partial charge on any atom is 0.119 e. The predicted octanol–water partition coefficient (Wildman–Crippen LogP) is 2.50. The number of ether oxygens (including phenoxy) is 1. The van der Waals surface area contributed by atoms with E-state index in [0.717, 1.165) is 5.75 Å². The number of hydrogen-bond donors (Lipinski definition) is 0. The fourth-order valence-corrected chi connectivity index (χ4v) is 1.57. The molecule has 0 aliphatic heterocycles. The summed E-state index contributed by atoms with van der Waals surface area (Å²) in [6.07, 6.45) is 5.57. The van der Waals surface area contributed by atoms with E-state index in [0.29, 0.717) is 0 Å². The van der Waals surface area contributed by atoms with Crippen LogP contribution in [0.3, 0.4) is 0 Å². The lowest BCUT2D eigenvalue weighted by atomic mass is 10.1. The van der Waals surface area contributed by atoms with E-state index >= 15 is 0 Å². The van der Waals surface area contributed by atoms with Crippen LogP contribution in [0.4, 0.5) is 0 Å². The molecule has 0 aliphatic carbocycles. The Labute approximate surface area is 89.3 Å². The van der Waals surface area contributed by atoms with Gasteiger partial charge in [0.1, 0.15) is 5.75 Å². The first-order valence-electron chi connectivity index (χ1n) is 4.92. The lowest BCUT2D eigenvalue weighted by molar-refractivity contribution is 0.413. The Morgan fingerprint density at radius 1 is 1.40 bits per heavy atom. The van der Waals surface area contributed by atoms with Crippen LogP contribution in [-0.4, -0.2) is 16.7 Å². The monoisotopic (exact) mass is 202 g/mol. The van der Waals surface area contributed by atoms with Crippen molar-refractivity contribution in [2.75, 3.05) is 7.11 Å². The van der Waals surface area contributed by atoms with Gasteiger partial charge in [0, 0.05) is 12.4 Å². The number of imidazole rings is 1. The molecule has 2 rings (SSSR count). The molecule has 0 radical (unpaired) electrons. The molecule has 78 valence electrons. The van der Waals surface area contributed by atoms with Crippen LogP contribution in [-0.2, 0) is 0 Å². The van der Waals surface area contributed by atoms with Crippen molar-refractivity contribution in [1.82, 2.24) is 9.55 Å². The molecule has 1 aromatic heterocycles. The zero-order valence-electron chi connectivity index (χ0n) is 8.92. The molecular weight excluding hydrogens is 188 g/mol. The highest BCUT2D eigenvalue weighted by Gasteiger charge is 2.07. The molecule has 0 saturated carbocycles. The zero-order valence-corrected chi connectivity index (χ0v) is 8.92. The van der Waals surface area contributed by atoms with Crippen molar-refractivity contribution in [1.29, 1.82) is 0 Å². The summed E-state index contributed by atoms with van der Waals surface area (Å²) in [5, 5.41) is 0. The smallest absolute Gasteiger partial charge is 0.119 e. The summed E-state index contributed by atoms with van der Waals surface area (Å²) in [6.45, 7) is 2.14. The van der Waals surface area contributed by atoms with Crippen molar-refractivity contribution >= 4 is 0 Å².